The van der Waals surface area contributed by atoms with Crippen LogP contribution in [0.3, 0.4) is 0 Å². The highest BCUT2D eigenvalue weighted by molar-refractivity contribution is 4.92. The van der Waals surface area contributed by atoms with Crippen molar-refractivity contribution in [3.05, 3.63) is 0 Å². The molecule has 2 fully saturated rings. The van der Waals surface area contributed by atoms with Crippen molar-refractivity contribution in [3.8, 4) is 0 Å². The third-order valence-electron chi connectivity index (χ3n) is 3.84. The molecular formula is C13H26N2O2. The van der Waals surface area contributed by atoms with E-state index in [9.17, 15) is 0 Å². The van der Waals surface area contributed by atoms with E-state index in [-0.39, 0.29) is 0 Å². The van der Waals surface area contributed by atoms with Gasteiger partial charge in [0.05, 0.1) is 25.4 Å². The normalized spacial score (nSPS) is 36.4. The Bertz CT molecular complexity index is 225. The lowest BCUT2D eigenvalue weighted by molar-refractivity contribution is 0.0613. The van der Waals surface area contributed by atoms with Gasteiger partial charge in [-0.3, -0.25) is 0 Å². The first-order valence-corrected chi connectivity index (χ1v) is 6.91. The quantitative estimate of drug-likeness (QED) is 0.643. The van der Waals surface area contributed by atoms with E-state index >= 15 is 0 Å². The minimum absolute atomic E-state index is 0.342. The van der Waals surface area contributed by atoms with Gasteiger partial charge in [-0.25, -0.2) is 0 Å². The number of unbranched alkanes of at least 4 members (excludes halogenated alkanes) is 1. The molecule has 2 heterocycles. The van der Waals surface area contributed by atoms with Crippen LogP contribution in [0.5, 0.6) is 0 Å². The van der Waals surface area contributed by atoms with Crippen LogP contribution >= 0.6 is 0 Å². The molecular weight excluding hydrogens is 216 g/mol. The summed E-state index contributed by atoms with van der Waals surface area (Å²) in [5.41, 5.74) is 0. The molecule has 2 N–H and O–H groups in total. The van der Waals surface area contributed by atoms with Gasteiger partial charge in [0, 0.05) is 18.4 Å². The van der Waals surface area contributed by atoms with Crippen molar-refractivity contribution in [2.75, 3.05) is 39.9 Å². The fourth-order valence-corrected chi connectivity index (χ4v) is 2.78. The summed E-state index contributed by atoms with van der Waals surface area (Å²) in [6.45, 7) is 7.20. The van der Waals surface area contributed by atoms with E-state index in [0.29, 0.717) is 24.0 Å². The van der Waals surface area contributed by atoms with Crippen LogP contribution in [0.2, 0.25) is 0 Å². The molecule has 17 heavy (non-hydrogen) atoms. The van der Waals surface area contributed by atoms with Crippen LogP contribution in [0.15, 0.2) is 0 Å². The molecule has 0 aromatic rings. The summed E-state index contributed by atoms with van der Waals surface area (Å²) >= 11 is 0. The Morgan fingerprint density at radius 2 is 1.82 bits per heavy atom. The molecule has 2 unspecified atom stereocenters. The van der Waals surface area contributed by atoms with Crippen molar-refractivity contribution < 1.29 is 9.47 Å². The highest BCUT2D eigenvalue weighted by Crippen LogP contribution is 2.33. The first kappa shape index (κ1) is 13.3. The van der Waals surface area contributed by atoms with E-state index in [1.54, 1.807) is 0 Å². The minimum Gasteiger partial charge on any atom is -0.375 e. The maximum absolute atomic E-state index is 5.82. The molecule has 4 heteroatoms. The average molecular weight is 242 g/mol. The Morgan fingerprint density at radius 1 is 1.06 bits per heavy atom. The molecule has 2 aliphatic heterocycles. The van der Waals surface area contributed by atoms with E-state index in [0.717, 1.165) is 32.8 Å². The van der Waals surface area contributed by atoms with Gasteiger partial charge in [-0.15, -0.1) is 0 Å². The molecule has 2 aliphatic rings. The fraction of sp³-hybridized carbons (Fsp3) is 1.00. The molecule has 0 saturated carbocycles. The van der Waals surface area contributed by atoms with Crippen LogP contribution < -0.4 is 10.6 Å². The van der Waals surface area contributed by atoms with Crippen LogP contribution in [0.4, 0.5) is 0 Å². The van der Waals surface area contributed by atoms with Crippen LogP contribution in [-0.4, -0.2) is 52.1 Å². The molecule has 0 spiro atoms. The number of hydrogen-bond acceptors (Lipinski definition) is 4. The highest BCUT2D eigenvalue weighted by Gasteiger charge is 2.45. The Labute approximate surface area is 104 Å². The van der Waals surface area contributed by atoms with Crippen molar-refractivity contribution >= 4 is 0 Å². The largest absolute Gasteiger partial charge is 0.375 e. The van der Waals surface area contributed by atoms with Crippen LogP contribution in [0.1, 0.15) is 19.8 Å². The standard InChI is InChI=1S/C13H26N2O2/c1-10-8-16-13-11(9-17-12(10)13)7-15-6-4-3-5-14-2/h10-15H,3-9H2,1-2H3/t10?,11?,12-,13-/m1/s1. The lowest BCUT2D eigenvalue weighted by Gasteiger charge is -2.16. The summed E-state index contributed by atoms with van der Waals surface area (Å²) in [5, 5.41) is 6.69. The third-order valence-corrected chi connectivity index (χ3v) is 3.84. The molecule has 0 bridgehead atoms. The predicted molar refractivity (Wildman–Crippen MR) is 68.2 cm³/mol. The van der Waals surface area contributed by atoms with Crippen molar-refractivity contribution in [3.63, 3.8) is 0 Å². The maximum atomic E-state index is 5.82. The van der Waals surface area contributed by atoms with Crippen molar-refractivity contribution in [2.45, 2.75) is 32.0 Å². The molecule has 0 aromatic heterocycles. The smallest absolute Gasteiger partial charge is 0.0902 e. The van der Waals surface area contributed by atoms with Gasteiger partial charge < -0.3 is 20.1 Å². The van der Waals surface area contributed by atoms with Crippen LogP contribution in [0, 0.1) is 11.8 Å². The van der Waals surface area contributed by atoms with Crippen molar-refractivity contribution in [1.29, 1.82) is 0 Å². The summed E-state index contributed by atoms with van der Waals surface area (Å²) < 4.78 is 11.6. The van der Waals surface area contributed by atoms with Gasteiger partial charge in [0.15, 0.2) is 0 Å². The number of hydrogen-bond donors (Lipinski definition) is 2. The van der Waals surface area contributed by atoms with Gasteiger partial charge in [0.1, 0.15) is 0 Å². The van der Waals surface area contributed by atoms with Gasteiger partial charge in [-0.2, -0.15) is 0 Å². The summed E-state index contributed by atoms with van der Waals surface area (Å²) in [7, 11) is 2.00. The third kappa shape index (κ3) is 3.41. The molecule has 0 aromatic carbocycles. The Balaban J connectivity index is 1.58. The maximum Gasteiger partial charge on any atom is 0.0902 e. The predicted octanol–water partition coefficient (Wildman–Crippen LogP) is 0.626. The molecule has 0 aliphatic carbocycles. The highest BCUT2D eigenvalue weighted by atomic mass is 16.6. The van der Waals surface area contributed by atoms with Gasteiger partial charge in [0.25, 0.3) is 0 Å². The average Bonchev–Trinajstić information content (AvgIpc) is 2.88. The second-order valence-corrected chi connectivity index (χ2v) is 5.35. The molecule has 4 nitrogen and oxygen atoms in total. The Morgan fingerprint density at radius 3 is 2.65 bits per heavy atom. The number of fused-ring (bicyclic) bond motifs is 1. The summed E-state index contributed by atoms with van der Waals surface area (Å²) in [6.07, 6.45) is 3.17. The van der Waals surface area contributed by atoms with E-state index in [1.807, 2.05) is 7.05 Å². The van der Waals surface area contributed by atoms with Crippen LogP contribution in [0.25, 0.3) is 0 Å². The molecule has 2 saturated heterocycles. The zero-order chi connectivity index (χ0) is 12.1. The minimum atomic E-state index is 0.342. The van der Waals surface area contributed by atoms with Gasteiger partial charge in [-0.05, 0) is 33.0 Å². The molecule has 2 rings (SSSR count). The summed E-state index contributed by atoms with van der Waals surface area (Å²) in [6, 6.07) is 0. The number of nitrogens with one attached hydrogen (secondary N) is 2. The van der Waals surface area contributed by atoms with Gasteiger partial charge >= 0.3 is 0 Å². The zero-order valence-electron chi connectivity index (χ0n) is 11.1. The monoisotopic (exact) mass is 242 g/mol. The molecule has 0 radical (unpaired) electrons. The second kappa shape index (κ2) is 6.69. The first-order chi connectivity index (χ1) is 8.33. The lowest BCUT2D eigenvalue weighted by atomic mass is 9.97. The van der Waals surface area contributed by atoms with E-state index in [4.69, 9.17) is 9.47 Å². The Hall–Kier alpha value is -0.160. The first-order valence-electron chi connectivity index (χ1n) is 6.91. The van der Waals surface area contributed by atoms with E-state index in [1.165, 1.54) is 12.8 Å². The number of ether oxygens (including phenoxy) is 2. The van der Waals surface area contributed by atoms with Crippen molar-refractivity contribution in [1.82, 2.24) is 10.6 Å². The topological polar surface area (TPSA) is 42.5 Å². The second-order valence-electron chi connectivity index (χ2n) is 5.35. The summed E-state index contributed by atoms with van der Waals surface area (Å²) in [5.74, 6) is 1.12. The fourth-order valence-electron chi connectivity index (χ4n) is 2.78. The summed E-state index contributed by atoms with van der Waals surface area (Å²) in [4.78, 5) is 0. The molecule has 100 valence electrons. The molecule has 0 amide bonds. The SMILES string of the molecule is CNCCCCNCC1CO[C@@H]2C(C)CO[C@H]12. The number of rotatable bonds is 7. The Kier molecular flexibility index (Phi) is 5.22. The molecule has 4 atom stereocenters. The van der Waals surface area contributed by atoms with Gasteiger partial charge in [-0.1, -0.05) is 6.92 Å². The van der Waals surface area contributed by atoms with Crippen molar-refractivity contribution in [2.24, 2.45) is 11.8 Å². The zero-order valence-corrected chi connectivity index (χ0v) is 11.1. The van der Waals surface area contributed by atoms with Crippen LogP contribution in [-0.2, 0) is 9.47 Å². The van der Waals surface area contributed by atoms with E-state index < -0.39 is 0 Å². The van der Waals surface area contributed by atoms with Gasteiger partial charge in [0.2, 0.25) is 0 Å². The van der Waals surface area contributed by atoms with E-state index in [2.05, 4.69) is 17.6 Å². The lowest BCUT2D eigenvalue weighted by Crippen LogP contribution is -2.33.